The average Bonchev–Trinajstić information content (AvgIpc) is 3.14. The van der Waals surface area contributed by atoms with Gasteiger partial charge in [0.1, 0.15) is 5.82 Å². The number of nitrogens with zero attached hydrogens (tertiary/aromatic N) is 1. The van der Waals surface area contributed by atoms with E-state index in [9.17, 15) is 4.79 Å². The zero-order valence-corrected chi connectivity index (χ0v) is 17.1. The molecule has 1 heterocycles. The Bertz CT molecular complexity index is 961. The van der Waals surface area contributed by atoms with Crippen LogP contribution in [0.4, 0.5) is 0 Å². The van der Waals surface area contributed by atoms with Crippen molar-refractivity contribution in [2.24, 2.45) is 5.92 Å². The lowest BCUT2D eigenvalue weighted by Gasteiger charge is -2.20. The first-order chi connectivity index (χ1) is 14.0. The Hall–Kier alpha value is -3.28. The van der Waals surface area contributed by atoms with Crippen LogP contribution in [0.1, 0.15) is 31.3 Å². The number of hydrogen-bond acceptors (Lipinski definition) is 4. The van der Waals surface area contributed by atoms with Crippen LogP contribution in [-0.4, -0.2) is 29.6 Å². The molecule has 0 aliphatic heterocycles. The van der Waals surface area contributed by atoms with E-state index in [1.165, 1.54) is 0 Å². The number of benzene rings is 2. The van der Waals surface area contributed by atoms with Crippen molar-refractivity contribution >= 4 is 16.9 Å². The summed E-state index contributed by atoms with van der Waals surface area (Å²) in [6.45, 7) is 7.71. The third-order valence-corrected chi connectivity index (χ3v) is 4.65. The van der Waals surface area contributed by atoms with E-state index in [1.54, 1.807) is 7.11 Å². The van der Waals surface area contributed by atoms with Gasteiger partial charge in [0.05, 0.1) is 24.2 Å². The molecule has 1 unspecified atom stereocenters. The highest BCUT2D eigenvalue weighted by molar-refractivity contribution is 5.79. The van der Waals surface area contributed by atoms with E-state index < -0.39 is 0 Å². The third kappa shape index (κ3) is 4.96. The number of para-hydroxylation sites is 2. The molecule has 6 nitrogen and oxygen atoms in total. The second-order valence-electron chi connectivity index (χ2n) is 7.20. The van der Waals surface area contributed by atoms with Gasteiger partial charge in [0, 0.05) is 0 Å². The number of methoxy groups -OCH3 is 1. The van der Waals surface area contributed by atoms with E-state index in [4.69, 9.17) is 9.47 Å². The van der Waals surface area contributed by atoms with Crippen LogP contribution in [0.25, 0.3) is 11.0 Å². The largest absolute Gasteiger partial charge is 0.493 e. The van der Waals surface area contributed by atoms with Gasteiger partial charge in [-0.15, -0.1) is 6.58 Å². The first-order valence-electron chi connectivity index (χ1n) is 9.66. The molecule has 2 aromatic carbocycles. The molecule has 0 aliphatic carbocycles. The molecule has 0 bridgehead atoms. The van der Waals surface area contributed by atoms with E-state index in [2.05, 4.69) is 21.9 Å². The molecule has 3 aromatic rings. The lowest BCUT2D eigenvalue weighted by molar-refractivity contribution is -0.124. The normalized spacial score (nSPS) is 12.0. The molecule has 1 aromatic heterocycles. The number of amides is 1. The lowest BCUT2D eigenvalue weighted by Crippen LogP contribution is -2.35. The molecular formula is C23H27N3O3. The van der Waals surface area contributed by atoms with Gasteiger partial charge >= 0.3 is 0 Å². The number of aromatic nitrogens is 2. The lowest BCUT2D eigenvalue weighted by atomic mass is 10.0. The zero-order valence-electron chi connectivity index (χ0n) is 17.1. The number of carbonyl (C=O) groups excluding carboxylic acids is 1. The molecule has 0 fully saturated rings. The molecule has 0 spiro atoms. The number of imidazole rings is 1. The van der Waals surface area contributed by atoms with Crippen molar-refractivity contribution in [3.63, 3.8) is 0 Å². The monoisotopic (exact) mass is 393 g/mol. The van der Waals surface area contributed by atoms with Gasteiger partial charge in [-0.2, -0.15) is 0 Å². The first kappa shape index (κ1) is 20.5. The van der Waals surface area contributed by atoms with Gasteiger partial charge in [0.15, 0.2) is 18.1 Å². The first-order valence-corrected chi connectivity index (χ1v) is 9.66. The van der Waals surface area contributed by atoms with Gasteiger partial charge in [-0.1, -0.05) is 38.1 Å². The molecule has 0 saturated carbocycles. The van der Waals surface area contributed by atoms with Gasteiger partial charge in [0.2, 0.25) is 0 Å². The fourth-order valence-electron chi connectivity index (χ4n) is 3.15. The minimum absolute atomic E-state index is 0.111. The molecule has 0 aliphatic rings. The number of allylic oxidation sites excluding steroid dienone is 1. The number of carbonyl (C=O) groups is 1. The van der Waals surface area contributed by atoms with Crippen LogP contribution in [0.5, 0.6) is 11.5 Å². The maximum Gasteiger partial charge on any atom is 0.258 e. The van der Waals surface area contributed by atoms with E-state index in [-0.39, 0.29) is 24.5 Å². The molecule has 1 amide bonds. The van der Waals surface area contributed by atoms with Crippen LogP contribution in [0.15, 0.2) is 55.1 Å². The van der Waals surface area contributed by atoms with Crippen LogP contribution in [0.3, 0.4) is 0 Å². The Morgan fingerprint density at radius 3 is 2.72 bits per heavy atom. The number of hydrogen-bond donors (Lipinski definition) is 2. The SMILES string of the molecule is C=CCc1ccc(OCC(=O)NC(c2nc3ccccc3[nH]2)C(C)C)c(OC)c1. The van der Waals surface area contributed by atoms with Crippen LogP contribution >= 0.6 is 0 Å². The highest BCUT2D eigenvalue weighted by atomic mass is 16.5. The number of ether oxygens (including phenoxy) is 2. The van der Waals surface area contributed by atoms with Crippen molar-refractivity contribution in [1.82, 2.24) is 15.3 Å². The summed E-state index contributed by atoms with van der Waals surface area (Å²) in [7, 11) is 1.58. The number of H-pyrrole nitrogens is 1. The van der Waals surface area contributed by atoms with Crippen molar-refractivity contribution in [2.45, 2.75) is 26.3 Å². The maximum atomic E-state index is 12.6. The number of nitrogens with one attached hydrogen (secondary N) is 2. The van der Waals surface area contributed by atoms with Crippen molar-refractivity contribution < 1.29 is 14.3 Å². The Morgan fingerprint density at radius 1 is 1.24 bits per heavy atom. The van der Waals surface area contributed by atoms with E-state index in [0.29, 0.717) is 11.5 Å². The van der Waals surface area contributed by atoms with E-state index >= 15 is 0 Å². The predicted octanol–water partition coefficient (Wildman–Crippen LogP) is 4.19. The van der Waals surface area contributed by atoms with Gasteiger partial charge in [-0.25, -0.2) is 4.98 Å². The summed E-state index contributed by atoms with van der Waals surface area (Å²) in [4.78, 5) is 20.5. The summed E-state index contributed by atoms with van der Waals surface area (Å²) in [5.74, 6) is 1.80. The van der Waals surface area contributed by atoms with Gasteiger partial charge in [-0.05, 0) is 42.2 Å². The summed E-state index contributed by atoms with van der Waals surface area (Å²) in [5.41, 5.74) is 2.89. The summed E-state index contributed by atoms with van der Waals surface area (Å²) in [6.07, 6.45) is 2.57. The van der Waals surface area contributed by atoms with Crippen molar-refractivity contribution in [2.75, 3.05) is 13.7 Å². The van der Waals surface area contributed by atoms with Gasteiger partial charge in [-0.3, -0.25) is 4.79 Å². The van der Waals surface area contributed by atoms with Crippen molar-refractivity contribution in [3.05, 3.63) is 66.5 Å². The maximum absolute atomic E-state index is 12.6. The van der Waals surface area contributed by atoms with Crippen LogP contribution in [0.2, 0.25) is 0 Å². The Labute approximate surface area is 170 Å². The molecule has 0 saturated heterocycles. The third-order valence-electron chi connectivity index (χ3n) is 4.65. The molecule has 29 heavy (non-hydrogen) atoms. The van der Waals surface area contributed by atoms with Gasteiger partial charge in [0.25, 0.3) is 5.91 Å². The standard InChI is InChI=1S/C23H27N3O3/c1-5-8-16-11-12-19(20(13-16)28-4)29-14-21(27)26-22(15(2)3)23-24-17-9-6-7-10-18(17)25-23/h5-7,9-13,15,22H,1,8,14H2,2-4H3,(H,24,25)(H,26,27). The molecule has 152 valence electrons. The zero-order chi connectivity index (χ0) is 20.8. The van der Waals surface area contributed by atoms with E-state index in [1.807, 2.05) is 62.4 Å². The van der Waals surface area contributed by atoms with Crippen molar-refractivity contribution in [1.29, 1.82) is 0 Å². The summed E-state index contributed by atoms with van der Waals surface area (Å²) in [6, 6.07) is 13.2. The topological polar surface area (TPSA) is 76.2 Å². The van der Waals surface area contributed by atoms with Crippen LogP contribution < -0.4 is 14.8 Å². The summed E-state index contributed by atoms with van der Waals surface area (Å²) < 4.78 is 11.1. The van der Waals surface area contributed by atoms with Crippen LogP contribution in [0, 0.1) is 5.92 Å². The highest BCUT2D eigenvalue weighted by Gasteiger charge is 2.22. The summed E-state index contributed by atoms with van der Waals surface area (Å²) in [5, 5.41) is 3.02. The second kappa shape index (κ2) is 9.28. The van der Waals surface area contributed by atoms with Gasteiger partial charge < -0.3 is 19.8 Å². The fraction of sp³-hybridized carbons (Fsp3) is 0.304. The number of fused-ring (bicyclic) bond motifs is 1. The molecule has 1 atom stereocenters. The molecular weight excluding hydrogens is 366 g/mol. The molecule has 6 heteroatoms. The predicted molar refractivity (Wildman–Crippen MR) is 114 cm³/mol. The Balaban J connectivity index is 1.67. The average molecular weight is 393 g/mol. The molecule has 2 N–H and O–H groups in total. The Kier molecular flexibility index (Phi) is 6.54. The molecule has 3 rings (SSSR count). The fourth-order valence-corrected chi connectivity index (χ4v) is 3.15. The van der Waals surface area contributed by atoms with Crippen LogP contribution in [-0.2, 0) is 11.2 Å². The number of aromatic amines is 1. The highest BCUT2D eigenvalue weighted by Crippen LogP contribution is 2.28. The Morgan fingerprint density at radius 2 is 2.03 bits per heavy atom. The second-order valence-corrected chi connectivity index (χ2v) is 7.20. The van der Waals surface area contributed by atoms with Crippen molar-refractivity contribution in [3.8, 4) is 11.5 Å². The smallest absolute Gasteiger partial charge is 0.258 e. The number of rotatable bonds is 9. The minimum Gasteiger partial charge on any atom is -0.493 e. The van der Waals surface area contributed by atoms with E-state index in [0.717, 1.165) is 28.8 Å². The molecule has 0 radical (unpaired) electrons. The summed E-state index contributed by atoms with van der Waals surface area (Å²) >= 11 is 0. The minimum atomic E-state index is -0.240. The quantitative estimate of drug-likeness (QED) is 0.535.